The average Bonchev–Trinajstić information content (AvgIpc) is 2.99. The molecule has 25 heavy (non-hydrogen) atoms. The molecule has 0 aliphatic heterocycles. The monoisotopic (exact) mass is 338 g/mol. The standard InChI is InChI=1S/C19H22N4O2/c1-12-6-9-16-19(20-11-23(16)3)18(12)22-13(2)21-15-8-7-14(24-4)10-17(15)25-5/h6-11H,1-5H3,(H,21,22). The molecular weight excluding hydrogens is 316 g/mol. The van der Waals surface area contributed by atoms with Gasteiger partial charge in [-0.25, -0.2) is 9.98 Å². The number of anilines is 1. The van der Waals surface area contributed by atoms with Gasteiger partial charge in [0.25, 0.3) is 0 Å². The molecule has 0 unspecified atom stereocenters. The first-order valence-electron chi connectivity index (χ1n) is 7.98. The van der Waals surface area contributed by atoms with E-state index in [0.29, 0.717) is 5.75 Å². The molecule has 0 spiro atoms. The Morgan fingerprint density at radius 3 is 2.68 bits per heavy atom. The maximum atomic E-state index is 5.42. The lowest BCUT2D eigenvalue weighted by atomic mass is 10.1. The molecule has 0 aliphatic carbocycles. The van der Waals surface area contributed by atoms with E-state index in [-0.39, 0.29) is 0 Å². The molecule has 0 atom stereocenters. The summed E-state index contributed by atoms with van der Waals surface area (Å²) in [6.07, 6.45) is 1.80. The minimum absolute atomic E-state index is 0.696. The van der Waals surface area contributed by atoms with Crippen LogP contribution in [0.25, 0.3) is 11.0 Å². The third kappa shape index (κ3) is 3.28. The van der Waals surface area contributed by atoms with Crippen LogP contribution in [0.3, 0.4) is 0 Å². The highest BCUT2D eigenvalue weighted by Gasteiger charge is 2.10. The highest BCUT2D eigenvalue weighted by atomic mass is 16.5. The number of benzene rings is 2. The Labute approximate surface area is 147 Å². The SMILES string of the molecule is COc1ccc(NC(C)=Nc2c(C)ccc3c2ncn3C)c(OC)c1. The lowest BCUT2D eigenvalue weighted by Gasteiger charge is -2.12. The number of hydrogen-bond donors (Lipinski definition) is 1. The number of nitrogens with zero attached hydrogens (tertiary/aromatic N) is 3. The summed E-state index contributed by atoms with van der Waals surface area (Å²) in [5, 5.41) is 3.29. The number of aliphatic imine (C=N–C) groups is 1. The van der Waals surface area contributed by atoms with Crippen molar-refractivity contribution >= 4 is 28.2 Å². The van der Waals surface area contributed by atoms with Gasteiger partial charge in [0.15, 0.2) is 0 Å². The molecule has 6 heteroatoms. The van der Waals surface area contributed by atoms with Crippen molar-refractivity contribution in [2.24, 2.45) is 12.0 Å². The smallest absolute Gasteiger partial charge is 0.146 e. The van der Waals surface area contributed by atoms with Crippen LogP contribution in [-0.2, 0) is 7.05 Å². The Hall–Kier alpha value is -3.02. The van der Waals surface area contributed by atoms with Crippen LogP contribution >= 0.6 is 0 Å². The summed E-state index contributed by atoms with van der Waals surface area (Å²) in [6.45, 7) is 3.96. The van der Waals surface area contributed by atoms with Crippen LogP contribution in [0.5, 0.6) is 11.5 Å². The second kappa shape index (κ2) is 6.84. The molecule has 0 saturated heterocycles. The zero-order valence-corrected chi connectivity index (χ0v) is 15.1. The Kier molecular flexibility index (Phi) is 4.61. The van der Waals surface area contributed by atoms with E-state index in [0.717, 1.165) is 39.6 Å². The molecule has 3 aromatic rings. The minimum Gasteiger partial charge on any atom is -0.497 e. The van der Waals surface area contributed by atoms with Crippen molar-refractivity contribution in [1.29, 1.82) is 0 Å². The molecule has 0 bridgehead atoms. The zero-order chi connectivity index (χ0) is 18.0. The minimum atomic E-state index is 0.696. The summed E-state index contributed by atoms with van der Waals surface area (Å²) in [5.41, 5.74) is 4.73. The van der Waals surface area contributed by atoms with Crippen molar-refractivity contribution in [3.05, 3.63) is 42.2 Å². The second-order valence-corrected chi connectivity index (χ2v) is 5.84. The normalized spacial score (nSPS) is 11.6. The van der Waals surface area contributed by atoms with Gasteiger partial charge in [0.05, 0.1) is 37.4 Å². The molecule has 0 fully saturated rings. The van der Waals surface area contributed by atoms with Gasteiger partial charge in [0.2, 0.25) is 0 Å². The second-order valence-electron chi connectivity index (χ2n) is 5.84. The summed E-state index contributed by atoms with van der Waals surface area (Å²) >= 11 is 0. The number of aryl methyl sites for hydroxylation is 2. The molecule has 2 aromatic carbocycles. The number of rotatable bonds is 4. The van der Waals surface area contributed by atoms with Crippen molar-refractivity contribution in [3.8, 4) is 11.5 Å². The van der Waals surface area contributed by atoms with E-state index in [4.69, 9.17) is 14.5 Å². The van der Waals surface area contributed by atoms with Crippen molar-refractivity contribution in [2.45, 2.75) is 13.8 Å². The number of hydrogen-bond acceptors (Lipinski definition) is 4. The van der Waals surface area contributed by atoms with E-state index in [1.807, 2.05) is 43.7 Å². The fraction of sp³-hybridized carbons (Fsp3) is 0.263. The quantitative estimate of drug-likeness (QED) is 0.576. The van der Waals surface area contributed by atoms with Crippen molar-refractivity contribution in [1.82, 2.24) is 9.55 Å². The number of fused-ring (bicyclic) bond motifs is 1. The van der Waals surface area contributed by atoms with Crippen LogP contribution in [0.4, 0.5) is 11.4 Å². The molecule has 0 aliphatic rings. The van der Waals surface area contributed by atoms with Gasteiger partial charge in [-0.15, -0.1) is 0 Å². The van der Waals surface area contributed by atoms with Gasteiger partial charge >= 0.3 is 0 Å². The van der Waals surface area contributed by atoms with E-state index in [2.05, 4.69) is 22.4 Å². The fourth-order valence-electron chi connectivity index (χ4n) is 2.72. The van der Waals surface area contributed by atoms with Gasteiger partial charge in [-0.2, -0.15) is 0 Å². The van der Waals surface area contributed by atoms with E-state index >= 15 is 0 Å². The number of methoxy groups -OCH3 is 2. The average molecular weight is 338 g/mol. The number of ether oxygens (including phenoxy) is 2. The predicted molar refractivity (Wildman–Crippen MR) is 101 cm³/mol. The topological polar surface area (TPSA) is 60.7 Å². The number of aromatic nitrogens is 2. The van der Waals surface area contributed by atoms with E-state index in [1.54, 1.807) is 20.5 Å². The third-order valence-electron chi connectivity index (χ3n) is 4.08. The van der Waals surface area contributed by atoms with Crippen molar-refractivity contribution < 1.29 is 9.47 Å². The van der Waals surface area contributed by atoms with Gasteiger partial charge in [-0.05, 0) is 37.6 Å². The van der Waals surface area contributed by atoms with Crippen LogP contribution in [-0.4, -0.2) is 29.6 Å². The number of nitrogens with one attached hydrogen (secondary N) is 1. The molecule has 1 heterocycles. The Bertz CT molecular complexity index is 944. The van der Waals surface area contributed by atoms with Gasteiger partial charge in [0.1, 0.15) is 22.9 Å². The first kappa shape index (κ1) is 16.8. The summed E-state index contributed by atoms with van der Waals surface area (Å²) in [7, 11) is 5.24. The fourth-order valence-corrected chi connectivity index (χ4v) is 2.72. The molecule has 1 aromatic heterocycles. The summed E-state index contributed by atoms with van der Waals surface area (Å²) < 4.78 is 12.6. The lowest BCUT2D eigenvalue weighted by molar-refractivity contribution is 0.395. The zero-order valence-electron chi connectivity index (χ0n) is 15.1. The van der Waals surface area contributed by atoms with E-state index in [1.165, 1.54) is 0 Å². The highest BCUT2D eigenvalue weighted by Crippen LogP contribution is 2.31. The Morgan fingerprint density at radius 2 is 1.96 bits per heavy atom. The van der Waals surface area contributed by atoms with Gasteiger partial charge in [0, 0.05) is 13.1 Å². The van der Waals surface area contributed by atoms with E-state index < -0.39 is 0 Å². The molecular formula is C19H22N4O2. The summed E-state index contributed by atoms with van der Waals surface area (Å²) in [5.74, 6) is 2.19. The van der Waals surface area contributed by atoms with Crippen LogP contribution in [0.1, 0.15) is 12.5 Å². The van der Waals surface area contributed by atoms with Crippen LogP contribution in [0, 0.1) is 6.92 Å². The largest absolute Gasteiger partial charge is 0.497 e. The van der Waals surface area contributed by atoms with Crippen molar-refractivity contribution in [3.63, 3.8) is 0 Å². The third-order valence-corrected chi connectivity index (χ3v) is 4.08. The molecule has 1 N–H and O–H groups in total. The predicted octanol–water partition coefficient (Wildman–Crippen LogP) is 4.06. The van der Waals surface area contributed by atoms with Crippen molar-refractivity contribution in [2.75, 3.05) is 19.5 Å². The number of imidazole rings is 1. The molecule has 0 radical (unpaired) electrons. The van der Waals surface area contributed by atoms with Crippen LogP contribution in [0.15, 0.2) is 41.7 Å². The lowest BCUT2D eigenvalue weighted by Crippen LogP contribution is -2.08. The summed E-state index contributed by atoms with van der Waals surface area (Å²) in [4.78, 5) is 9.24. The van der Waals surface area contributed by atoms with Gasteiger partial charge < -0.3 is 19.4 Å². The van der Waals surface area contributed by atoms with Crippen LogP contribution < -0.4 is 14.8 Å². The Balaban J connectivity index is 1.97. The summed E-state index contributed by atoms with van der Waals surface area (Å²) in [6, 6.07) is 9.74. The first-order chi connectivity index (χ1) is 12.0. The maximum Gasteiger partial charge on any atom is 0.146 e. The first-order valence-corrected chi connectivity index (χ1v) is 7.98. The van der Waals surface area contributed by atoms with Crippen LogP contribution in [0.2, 0.25) is 0 Å². The van der Waals surface area contributed by atoms with Gasteiger partial charge in [-0.3, -0.25) is 0 Å². The van der Waals surface area contributed by atoms with E-state index in [9.17, 15) is 0 Å². The molecule has 0 saturated carbocycles. The number of amidine groups is 1. The molecule has 0 amide bonds. The molecule has 130 valence electrons. The molecule has 3 rings (SSSR count). The Morgan fingerprint density at radius 1 is 1.16 bits per heavy atom. The highest BCUT2D eigenvalue weighted by molar-refractivity contribution is 5.99. The molecule has 6 nitrogen and oxygen atoms in total. The van der Waals surface area contributed by atoms with Gasteiger partial charge in [-0.1, -0.05) is 6.07 Å². The maximum absolute atomic E-state index is 5.42.